The van der Waals surface area contributed by atoms with Crippen LogP contribution in [0.1, 0.15) is 41.7 Å². The largest absolute Gasteiger partial charge is 0.388 e. The third-order valence-corrected chi connectivity index (χ3v) is 7.21. The number of carbonyl (C=O) groups excluding carboxylic acids is 1. The third-order valence-electron chi connectivity index (χ3n) is 7.21. The molecule has 2 aromatic carbocycles. The molecule has 5 aromatic rings. The van der Waals surface area contributed by atoms with E-state index in [9.17, 15) is 14.3 Å². The van der Waals surface area contributed by atoms with Crippen LogP contribution in [0.4, 0.5) is 4.39 Å². The fourth-order valence-electron chi connectivity index (χ4n) is 5.44. The molecule has 9 heteroatoms. The van der Waals surface area contributed by atoms with Crippen molar-refractivity contribution in [3.8, 4) is 11.3 Å². The Morgan fingerprint density at radius 2 is 2.16 bits per heavy atom. The number of pyridine rings is 1. The van der Waals surface area contributed by atoms with Gasteiger partial charge in [-0.05, 0) is 69.0 Å². The summed E-state index contributed by atoms with van der Waals surface area (Å²) in [5.41, 5.74) is 3.23. The van der Waals surface area contributed by atoms with Crippen molar-refractivity contribution < 1.29 is 14.3 Å². The lowest BCUT2D eigenvalue weighted by Gasteiger charge is -2.37. The van der Waals surface area contributed by atoms with Gasteiger partial charge >= 0.3 is 0 Å². The van der Waals surface area contributed by atoms with Gasteiger partial charge in [0.25, 0.3) is 5.91 Å². The van der Waals surface area contributed by atoms with E-state index in [1.54, 1.807) is 30.6 Å². The number of aromatic amines is 1. The number of aromatic nitrogens is 5. The molecule has 6 rings (SSSR count). The van der Waals surface area contributed by atoms with Crippen molar-refractivity contribution in [3.05, 3.63) is 78.0 Å². The number of fused-ring (bicyclic) bond motifs is 2. The van der Waals surface area contributed by atoms with Crippen LogP contribution in [-0.4, -0.2) is 47.6 Å². The molecule has 1 saturated carbocycles. The number of para-hydroxylation sites is 1. The zero-order valence-corrected chi connectivity index (χ0v) is 20.4. The molecule has 0 radical (unpaired) electrons. The fraction of sp³-hybridized carbons (Fsp3) is 0.286. The van der Waals surface area contributed by atoms with Crippen molar-refractivity contribution in [2.24, 2.45) is 0 Å². The normalized spacial score (nSPS) is 19.9. The fourth-order valence-corrected chi connectivity index (χ4v) is 5.44. The SMILES string of the molecule is Cc1cc(-c2n[nH]c3ccc(C(=O)NC4CCCC(O)(Cn5ncc6cccc(F)c65)C4)cc23)ccn1. The van der Waals surface area contributed by atoms with Gasteiger partial charge < -0.3 is 10.4 Å². The first-order valence-electron chi connectivity index (χ1n) is 12.4. The van der Waals surface area contributed by atoms with Gasteiger partial charge in [-0.2, -0.15) is 10.2 Å². The Bertz CT molecular complexity index is 1630. The van der Waals surface area contributed by atoms with E-state index in [4.69, 9.17) is 0 Å². The summed E-state index contributed by atoms with van der Waals surface area (Å²) in [6.07, 6.45) is 5.78. The molecule has 3 heterocycles. The van der Waals surface area contributed by atoms with Gasteiger partial charge in [0.15, 0.2) is 0 Å². The molecule has 0 aliphatic heterocycles. The molecule has 1 aliphatic carbocycles. The number of benzene rings is 2. The average molecular weight is 499 g/mol. The number of aliphatic hydroxyl groups is 1. The smallest absolute Gasteiger partial charge is 0.251 e. The predicted molar refractivity (Wildman–Crippen MR) is 138 cm³/mol. The molecule has 0 bridgehead atoms. The van der Waals surface area contributed by atoms with Crippen LogP contribution in [-0.2, 0) is 6.54 Å². The molecule has 3 N–H and O–H groups in total. The van der Waals surface area contributed by atoms with Crippen molar-refractivity contribution in [3.63, 3.8) is 0 Å². The molecule has 2 atom stereocenters. The quantitative estimate of drug-likeness (QED) is 0.330. The van der Waals surface area contributed by atoms with E-state index in [0.29, 0.717) is 29.3 Å². The molecule has 1 fully saturated rings. The highest BCUT2D eigenvalue weighted by atomic mass is 19.1. The van der Waals surface area contributed by atoms with Crippen molar-refractivity contribution in [2.45, 2.75) is 50.8 Å². The van der Waals surface area contributed by atoms with Crippen molar-refractivity contribution in [2.75, 3.05) is 0 Å². The number of hydrogen-bond donors (Lipinski definition) is 3. The summed E-state index contributed by atoms with van der Waals surface area (Å²) in [5, 5.41) is 27.8. The number of H-pyrrole nitrogens is 1. The van der Waals surface area contributed by atoms with Crippen molar-refractivity contribution >= 4 is 27.7 Å². The van der Waals surface area contributed by atoms with Crippen molar-refractivity contribution in [1.82, 2.24) is 30.3 Å². The van der Waals surface area contributed by atoms with E-state index in [2.05, 4.69) is 25.6 Å². The minimum Gasteiger partial charge on any atom is -0.388 e. The molecule has 2 unspecified atom stereocenters. The standard InChI is InChI=1S/C28H27FN6O2/c1-17-12-18(9-11-30-17)25-22-13-19(7-8-24(22)33-34-25)27(36)32-21-5-3-10-28(37,14-21)16-35-26-20(15-31-35)4-2-6-23(26)29/h2,4,6-9,11-13,15,21,37H,3,5,10,14,16H2,1H3,(H,32,36)(H,33,34). The first-order chi connectivity index (χ1) is 17.9. The van der Waals surface area contributed by atoms with Gasteiger partial charge in [-0.15, -0.1) is 0 Å². The Morgan fingerprint density at radius 3 is 3.03 bits per heavy atom. The number of rotatable bonds is 5. The number of halogens is 1. The Morgan fingerprint density at radius 1 is 1.27 bits per heavy atom. The summed E-state index contributed by atoms with van der Waals surface area (Å²) in [7, 11) is 0. The van der Waals surface area contributed by atoms with Gasteiger partial charge in [-0.3, -0.25) is 19.6 Å². The Balaban J connectivity index is 1.20. The minimum absolute atomic E-state index is 0.166. The number of carbonyl (C=O) groups is 1. The summed E-state index contributed by atoms with van der Waals surface area (Å²) in [6.45, 7) is 2.09. The van der Waals surface area contributed by atoms with Crippen LogP contribution in [0.15, 0.2) is 60.9 Å². The second-order valence-electron chi connectivity index (χ2n) is 9.99. The number of aryl methyl sites for hydroxylation is 1. The van der Waals surface area contributed by atoms with Crippen LogP contribution in [0, 0.1) is 12.7 Å². The summed E-state index contributed by atoms with van der Waals surface area (Å²) >= 11 is 0. The number of hydrogen-bond acceptors (Lipinski definition) is 5. The van der Waals surface area contributed by atoms with Gasteiger partial charge in [-0.25, -0.2) is 4.39 Å². The number of amides is 1. The highest BCUT2D eigenvalue weighted by Crippen LogP contribution is 2.32. The predicted octanol–water partition coefficient (Wildman–Crippen LogP) is 4.53. The van der Waals surface area contributed by atoms with Gasteiger partial charge in [0.2, 0.25) is 0 Å². The third kappa shape index (κ3) is 4.46. The zero-order valence-electron chi connectivity index (χ0n) is 20.4. The van der Waals surface area contributed by atoms with E-state index in [0.717, 1.165) is 40.7 Å². The molecule has 3 aromatic heterocycles. The van der Waals surface area contributed by atoms with E-state index in [1.807, 2.05) is 31.2 Å². The highest BCUT2D eigenvalue weighted by Gasteiger charge is 2.36. The molecule has 188 valence electrons. The number of nitrogens with one attached hydrogen (secondary N) is 2. The average Bonchev–Trinajstić information content (AvgIpc) is 3.48. The molecule has 8 nitrogen and oxygen atoms in total. The molecule has 37 heavy (non-hydrogen) atoms. The maximum atomic E-state index is 14.4. The molecule has 1 aliphatic rings. The molecular formula is C28H27FN6O2. The van der Waals surface area contributed by atoms with Gasteiger partial charge in [0, 0.05) is 39.8 Å². The van der Waals surface area contributed by atoms with Crippen molar-refractivity contribution in [1.29, 1.82) is 0 Å². The summed E-state index contributed by atoms with van der Waals surface area (Å²) in [5.74, 6) is -0.569. The topological polar surface area (TPSA) is 109 Å². The van der Waals surface area contributed by atoms with E-state index >= 15 is 0 Å². The first kappa shape index (κ1) is 23.3. The molecular weight excluding hydrogens is 471 g/mol. The summed E-state index contributed by atoms with van der Waals surface area (Å²) < 4.78 is 16.0. The lowest BCUT2D eigenvalue weighted by atomic mass is 9.81. The van der Waals surface area contributed by atoms with Crippen LogP contribution in [0.25, 0.3) is 33.1 Å². The summed E-state index contributed by atoms with van der Waals surface area (Å²) in [6, 6.07) is 13.9. The Hall–Kier alpha value is -4.11. The molecule has 0 spiro atoms. The van der Waals surface area contributed by atoms with Crippen LogP contribution >= 0.6 is 0 Å². The minimum atomic E-state index is -1.10. The van der Waals surface area contributed by atoms with E-state index in [1.165, 1.54) is 10.7 Å². The van der Waals surface area contributed by atoms with E-state index < -0.39 is 5.60 Å². The molecule has 0 saturated heterocycles. The zero-order chi connectivity index (χ0) is 25.6. The van der Waals surface area contributed by atoms with Gasteiger partial charge in [0.05, 0.1) is 23.9 Å². The lowest BCUT2D eigenvalue weighted by Crippen LogP contribution is -2.47. The molecule has 1 amide bonds. The Kier molecular flexibility index (Phi) is 5.72. The first-order valence-corrected chi connectivity index (χ1v) is 12.4. The van der Waals surface area contributed by atoms with Crippen LogP contribution in [0.2, 0.25) is 0 Å². The maximum Gasteiger partial charge on any atom is 0.251 e. The van der Waals surface area contributed by atoms with E-state index in [-0.39, 0.29) is 24.3 Å². The number of nitrogens with zero attached hydrogens (tertiary/aromatic N) is 4. The maximum absolute atomic E-state index is 14.4. The van der Waals surface area contributed by atoms with Crippen LogP contribution < -0.4 is 5.32 Å². The lowest BCUT2D eigenvalue weighted by molar-refractivity contribution is -0.0228. The monoisotopic (exact) mass is 498 g/mol. The second kappa shape index (κ2) is 9.08. The van der Waals surface area contributed by atoms with Crippen LogP contribution in [0.5, 0.6) is 0 Å². The van der Waals surface area contributed by atoms with Gasteiger partial charge in [-0.1, -0.05) is 12.1 Å². The van der Waals surface area contributed by atoms with Gasteiger partial charge in [0.1, 0.15) is 17.0 Å². The summed E-state index contributed by atoms with van der Waals surface area (Å²) in [4.78, 5) is 17.5. The van der Waals surface area contributed by atoms with Crippen LogP contribution in [0.3, 0.4) is 0 Å². The Labute approximate surface area is 212 Å². The second-order valence-corrected chi connectivity index (χ2v) is 9.99. The highest BCUT2D eigenvalue weighted by molar-refractivity contribution is 6.01.